The van der Waals surface area contributed by atoms with E-state index in [1.807, 2.05) is 6.92 Å². The van der Waals surface area contributed by atoms with E-state index < -0.39 is 5.63 Å². The zero-order valence-electron chi connectivity index (χ0n) is 12.5. The van der Waals surface area contributed by atoms with Crippen LogP contribution in [0.3, 0.4) is 0 Å². The number of benzene rings is 1. The lowest BCUT2D eigenvalue weighted by Crippen LogP contribution is -2.21. The van der Waals surface area contributed by atoms with Gasteiger partial charge in [0.25, 0.3) is 5.91 Å². The number of nitrogens with zero attached hydrogens (tertiary/aromatic N) is 2. The van der Waals surface area contributed by atoms with Crippen molar-refractivity contribution in [2.75, 3.05) is 11.9 Å². The second-order valence-corrected chi connectivity index (χ2v) is 5.06. The smallest absolute Gasteiger partial charge is 0.336 e. The molecule has 0 saturated carbocycles. The van der Waals surface area contributed by atoms with Crippen molar-refractivity contribution in [1.29, 1.82) is 0 Å². The highest BCUT2D eigenvalue weighted by atomic mass is 16.5. The Kier molecular flexibility index (Phi) is 3.80. The molecule has 2 N–H and O–H groups in total. The lowest BCUT2D eigenvalue weighted by Gasteiger charge is -2.11. The maximum Gasteiger partial charge on any atom is 0.336 e. The van der Waals surface area contributed by atoms with Crippen LogP contribution in [0.4, 0.5) is 5.95 Å². The second-order valence-electron chi connectivity index (χ2n) is 5.06. The number of ether oxygens (including phenoxy) is 1. The van der Waals surface area contributed by atoms with Crippen LogP contribution in [0.25, 0.3) is 11.0 Å². The predicted molar refractivity (Wildman–Crippen MR) is 82.5 cm³/mol. The van der Waals surface area contributed by atoms with Crippen molar-refractivity contribution < 1.29 is 13.9 Å². The minimum absolute atomic E-state index is 0.210. The molecule has 118 valence electrons. The Hall–Kier alpha value is -3.16. The largest absolute Gasteiger partial charge is 0.483 e. The van der Waals surface area contributed by atoms with Crippen LogP contribution in [-0.2, 0) is 4.79 Å². The van der Waals surface area contributed by atoms with Crippen LogP contribution in [0, 0.1) is 13.8 Å². The number of carbonyl (C=O) groups is 1. The van der Waals surface area contributed by atoms with E-state index >= 15 is 0 Å². The van der Waals surface area contributed by atoms with E-state index in [1.54, 1.807) is 19.1 Å². The number of hydrogen-bond donors (Lipinski definition) is 2. The van der Waals surface area contributed by atoms with Crippen LogP contribution in [0.15, 0.2) is 33.7 Å². The van der Waals surface area contributed by atoms with Crippen LogP contribution in [0.1, 0.15) is 11.1 Å². The van der Waals surface area contributed by atoms with Crippen LogP contribution in [-0.4, -0.2) is 27.7 Å². The summed E-state index contributed by atoms with van der Waals surface area (Å²) in [5, 5.41) is 9.34. The molecule has 2 heterocycles. The summed E-state index contributed by atoms with van der Waals surface area (Å²) in [4.78, 5) is 27.1. The minimum atomic E-state index is -0.422. The van der Waals surface area contributed by atoms with Crippen molar-refractivity contribution in [3.8, 4) is 5.75 Å². The molecule has 3 aromatic rings. The van der Waals surface area contributed by atoms with E-state index in [-0.39, 0.29) is 18.5 Å². The summed E-state index contributed by atoms with van der Waals surface area (Å²) >= 11 is 0. The Balaban J connectivity index is 1.85. The molecule has 8 heteroatoms. The number of fused-ring (bicyclic) bond motifs is 1. The van der Waals surface area contributed by atoms with Gasteiger partial charge in [0.05, 0.1) is 5.39 Å². The Morgan fingerprint density at radius 3 is 2.91 bits per heavy atom. The van der Waals surface area contributed by atoms with Crippen molar-refractivity contribution in [3.05, 3.63) is 46.1 Å². The number of aryl methyl sites for hydroxylation is 2. The Morgan fingerprint density at radius 2 is 2.17 bits per heavy atom. The zero-order chi connectivity index (χ0) is 16.4. The van der Waals surface area contributed by atoms with Crippen LogP contribution < -0.4 is 15.7 Å². The van der Waals surface area contributed by atoms with Gasteiger partial charge in [-0.3, -0.25) is 10.1 Å². The Labute approximate surface area is 130 Å². The standard InChI is InChI=1S/C15H14N4O4/c1-8-3-10(14-9(2)5-13(21)23-11(14)4-8)22-6-12(20)18-15-16-7-17-19-15/h3-5,7H,6H2,1-2H3,(H2,16,17,18,19,20). The lowest BCUT2D eigenvalue weighted by atomic mass is 10.1. The normalized spacial score (nSPS) is 10.7. The summed E-state index contributed by atoms with van der Waals surface area (Å²) in [6.07, 6.45) is 1.29. The summed E-state index contributed by atoms with van der Waals surface area (Å²) in [5.41, 5.74) is 1.59. The van der Waals surface area contributed by atoms with Gasteiger partial charge in [0.2, 0.25) is 5.95 Å². The fraction of sp³-hybridized carbons (Fsp3) is 0.200. The van der Waals surface area contributed by atoms with Gasteiger partial charge in [-0.2, -0.15) is 10.1 Å². The molecule has 23 heavy (non-hydrogen) atoms. The molecule has 0 saturated heterocycles. The minimum Gasteiger partial charge on any atom is -0.483 e. The number of aromatic amines is 1. The molecule has 0 aliphatic heterocycles. The summed E-state index contributed by atoms with van der Waals surface area (Å²) in [6.45, 7) is 3.43. The molecule has 0 bridgehead atoms. The molecule has 0 atom stereocenters. The fourth-order valence-corrected chi connectivity index (χ4v) is 2.27. The molecule has 3 rings (SSSR count). The first-order valence-electron chi connectivity index (χ1n) is 6.86. The number of carbonyl (C=O) groups excluding carboxylic acids is 1. The lowest BCUT2D eigenvalue weighted by molar-refractivity contribution is -0.118. The Bertz CT molecular complexity index is 915. The van der Waals surface area contributed by atoms with E-state index in [4.69, 9.17) is 9.15 Å². The highest BCUT2D eigenvalue weighted by Gasteiger charge is 2.12. The zero-order valence-corrected chi connectivity index (χ0v) is 12.5. The summed E-state index contributed by atoms with van der Waals surface area (Å²) in [6, 6.07) is 4.93. The third-order valence-corrected chi connectivity index (χ3v) is 3.18. The van der Waals surface area contributed by atoms with Crippen molar-refractivity contribution in [1.82, 2.24) is 15.2 Å². The van der Waals surface area contributed by atoms with Crippen molar-refractivity contribution >= 4 is 22.8 Å². The highest BCUT2D eigenvalue weighted by Crippen LogP contribution is 2.29. The SMILES string of the molecule is Cc1cc(OCC(=O)Nc2ncn[nH]2)c2c(C)cc(=O)oc2c1. The molecule has 1 aromatic carbocycles. The van der Waals surface area contributed by atoms with E-state index in [1.165, 1.54) is 12.4 Å². The molecule has 1 amide bonds. The first kappa shape index (κ1) is 14.8. The van der Waals surface area contributed by atoms with Crippen LogP contribution in [0.2, 0.25) is 0 Å². The molecule has 0 unspecified atom stereocenters. The number of anilines is 1. The monoisotopic (exact) mass is 314 g/mol. The van der Waals surface area contributed by atoms with Crippen molar-refractivity contribution in [2.24, 2.45) is 0 Å². The van der Waals surface area contributed by atoms with Gasteiger partial charge in [-0.05, 0) is 37.1 Å². The van der Waals surface area contributed by atoms with Gasteiger partial charge in [-0.1, -0.05) is 0 Å². The highest BCUT2D eigenvalue weighted by molar-refractivity contribution is 5.91. The van der Waals surface area contributed by atoms with Gasteiger partial charge in [0.1, 0.15) is 17.7 Å². The number of hydrogen-bond acceptors (Lipinski definition) is 6. The molecule has 0 spiro atoms. The van der Waals surface area contributed by atoms with Gasteiger partial charge in [0.15, 0.2) is 6.61 Å². The molecule has 8 nitrogen and oxygen atoms in total. The van der Waals surface area contributed by atoms with Gasteiger partial charge in [-0.25, -0.2) is 9.89 Å². The Morgan fingerprint density at radius 1 is 1.35 bits per heavy atom. The average molecular weight is 314 g/mol. The number of H-pyrrole nitrogens is 1. The number of rotatable bonds is 4. The third-order valence-electron chi connectivity index (χ3n) is 3.18. The number of amides is 1. The van der Waals surface area contributed by atoms with E-state index in [0.717, 1.165) is 11.1 Å². The molecule has 0 aliphatic carbocycles. The van der Waals surface area contributed by atoms with E-state index in [2.05, 4.69) is 20.5 Å². The van der Waals surface area contributed by atoms with Crippen molar-refractivity contribution in [3.63, 3.8) is 0 Å². The molecule has 0 aliphatic rings. The van der Waals surface area contributed by atoms with E-state index in [0.29, 0.717) is 16.7 Å². The second kappa shape index (κ2) is 5.91. The molecular formula is C15H14N4O4. The number of nitrogens with one attached hydrogen (secondary N) is 2. The van der Waals surface area contributed by atoms with Crippen molar-refractivity contribution in [2.45, 2.75) is 13.8 Å². The maximum absolute atomic E-state index is 11.8. The molecular weight excluding hydrogens is 300 g/mol. The first-order chi connectivity index (χ1) is 11.0. The summed E-state index contributed by atoms with van der Waals surface area (Å²) in [7, 11) is 0. The van der Waals surface area contributed by atoms with Gasteiger partial charge in [0, 0.05) is 6.07 Å². The van der Waals surface area contributed by atoms with Crippen LogP contribution in [0.5, 0.6) is 5.75 Å². The quantitative estimate of drug-likeness (QED) is 0.707. The summed E-state index contributed by atoms with van der Waals surface area (Å²) in [5.74, 6) is 0.343. The maximum atomic E-state index is 11.8. The predicted octanol–water partition coefficient (Wildman–Crippen LogP) is 1.55. The van der Waals surface area contributed by atoms with E-state index in [9.17, 15) is 9.59 Å². The molecule has 2 aromatic heterocycles. The third kappa shape index (κ3) is 3.20. The van der Waals surface area contributed by atoms with Crippen LogP contribution >= 0.6 is 0 Å². The molecule has 0 fully saturated rings. The number of aromatic nitrogens is 3. The fourth-order valence-electron chi connectivity index (χ4n) is 2.27. The van der Waals surface area contributed by atoms with Gasteiger partial charge in [-0.15, -0.1) is 0 Å². The van der Waals surface area contributed by atoms with Gasteiger partial charge < -0.3 is 9.15 Å². The summed E-state index contributed by atoms with van der Waals surface area (Å²) < 4.78 is 10.8. The topological polar surface area (TPSA) is 110 Å². The van der Waals surface area contributed by atoms with Gasteiger partial charge >= 0.3 is 5.63 Å². The molecule has 0 radical (unpaired) electrons. The average Bonchev–Trinajstić information content (AvgIpc) is 2.96. The first-order valence-corrected chi connectivity index (χ1v) is 6.86.